The molecule has 3 N–H and O–H groups in total. The fourth-order valence-electron chi connectivity index (χ4n) is 1.54. The van der Waals surface area contributed by atoms with Gasteiger partial charge in [-0.15, -0.1) is 11.3 Å². The van der Waals surface area contributed by atoms with Crippen molar-refractivity contribution < 1.29 is 9.53 Å². The second-order valence-corrected chi connectivity index (χ2v) is 4.79. The van der Waals surface area contributed by atoms with E-state index in [9.17, 15) is 4.79 Å². The third kappa shape index (κ3) is 3.01. The van der Waals surface area contributed by atoms with Crippen LogP contribution in [0.15, 0.2) is 35.7 Å². The van der Waals surface area contributed by atoms with Crippen molar-refractivity contribution in [3.05, 3.63) is 40.6 Å². The SMILES string of the molecule is COc1ccc(N)c(NC(=O)Cc2cccs2)c1. The molecule has 0 saturated heterocycles. The van der Waals surface area contributed by atoms with Crippen molar-refractivity contribution in [3.8, 4) is 5.75 Å². The van der Waals surface area contributed by atoms with Gasteiger partial charge >= 0.3 is 0 Å². The van der Waals surface area contributed by atoms with E-state index in [1.54, 1.807) is 36.6 Å². The van der Waals surface area contributed by atoms with Gasteiger partial charge in [0.2, 0.25) is 5.91 Å². The van der Waals surface area contributed by atoms with Crippen LogP contribution in [0.2, 0.25) is 0 Å². The van der Waals surface area contributed by atoms with Gasteiger partial charge in [0, 0.05) is 10.9 Å². The zero-order valence-electron chi connectivity index (χ0n) is 9.97. The lowest BCUT2D eigenvalue weighted by Crippen LogP contribution is -2.14. The molecule has 0 fully saturated rings. The molecule has 0 aliphatic rings. The Balaban J connectivity index is 2.06. The zero-order valence-corrected chi connectivity index (χ0v) is 10.8. The number of thiophene rings is 1. The number of hydrogen-bond donors (Lipinski definition) is 2. The van der Waals surface area contributed by atoms with Crippen molar-refractivity contribution >= 4 is 28.6 Å². The van der Waals surface area contributed by atoms with Crippen LogP contribution in [-0.4, -0.2) is 13.0 Å². The van der Waals surface area contributed by atoms with Gasteiger partial charge in [0.1, 0.15) is 5.75 Å². The Hall–Kier alpha value is -2.01. The molecular formula is C13H14N2O2S. The monoisotopic (exact) mass is 262 g/mol. The maximum atomic E-state index is 11.8. The fraction of sp³-hybridized carbons (Fsp3) is 0.154. The molecule has 94 valence electrons. The van der Waals surface area contributed by atoms with Gasteiger partial charge in [-0.05, 0) is 23.6 Å². The number of rotatable bonds is 4. The fourth-order valence-corrected chi connectivity index (χ4v) is 2.24. The molecule has 0 atom stereocenters. The largest absolute Gasteiger partial charge is 0.497 e. The molecule has 1 heterocycles. The first kappa shape index (κ1) is 12.4. The average molecular weight is 262 g/mol. The van der Waals surface area contributed by atoms with Gasteiger partial charge < -0.3 is 15.8 Å². The van der Waals surface area contributed by atoms with Crippen LogP contribution < -0.4 is 15.8 Å². The van der Waals surface area contributed by atoms with E-state index < -0.39 is 0 Å². The number of carbonyl (C=O) groups excluding carboxylic acids is 1. The van der Waals surface area contributed by atoms with Crippen molar-refractivity contribution in [3.63, 3.8) is 0 Å². The first-order valence-corrected chi connectivity index (χ1v) is 6.33. The van der Waals surface area contributed by atoms with E-state index in [1.807, 2.05) is 17.5 Å². The minimum Gasteiger partial charge on any atom is -0.497 e. The number of carbonyl (C=O) groups is 1. The Morgan fingerprint density at radius 2 is 2.28 bits per heavy atom. The predicted molar refractivity (Wildman–Crippen MR) is 74.1 cm³/mol. The number of amides is 1. The third-order valence-electron chi connectivity index (χ3n) is 2.45. The number of benzene rings is 1. The minimum atomic E-state index is -0.0857. The second kappa shape index (κ2) is 5.55. The molecule has 2 rings (SSSR count). The third-order valence-corrected chi connectivity index (χ3v) is 3.33. The van der Waals surface area contributed by atoms with E-state index in [0.29, 0.717) is 23.5 Å². The van der Waals surface area contributed by atoms with E-state index in [4.69, 9.17) is 10.5 Å². The zero-order chi connectivity index (χ0) is 13.0. The summed E-state index contributed by atoms with van der Waals surface area (Å²) < 4.78 is 5.09. The lowest BCUT2D eigenvalue weighted by atomic mass is 10.2. The van der Waals surface area contributed by atoms with E-state index >= 15 is 0 Å². The molecule has 5 heteroatoms. The van der Waals surface area contributed by atoms with Crippen LogP contribution in [0.25, 0.3) is 0 Å². The van der Waals surface area contributed by atoms with Crippen molar-refractivity contribution in [1.82, 2.24) is 0 Å². The molecule has 0 unspecified atom stereocenters. The highest BCUT2D eigenvalue weighted by molar-refractivity contribution is 7.10. The molecule has 1 aromatic carbocycles. The number of ether oxygens (including phenoxy) is 1. The quantitative estimate of drug-likeness (QED) is 0.832. The number of nitrogens with two attached hydrogens (primary N) is 1. The molecule has 0 radical (unpaired) electrons. The van der Waals surface area contributed by atoms with E-state index in [-0.39, 0.29) is 5.91 Å². The number of nitrogen functional groups attached to an aromatic ring is 1. The smallest absolute Gasteiger partial charge is 0.229 e. The standard InChI is InChI=1S/C13H14N2O2S/c1-17-9-4-5-11(14)12(7-9)15-13(16)8-10-3-2-6-18-10/h2-7H,8,14H2,1H3,(H,15,16). The molecule has 0 spiro atoms. The summed E-state index contributed by atoms with van der Waals surface area (Å²) in [5, 5.41) is 4.73. The highest BCUT2D eigenvalue weighted by Gasteiger charge is 2.08. The molecule has 18 heavy (non-hydrogen) atoms. The maximum Gasteiger partial charge on any atom is 0.229 e. The summed E-state index contributed by atoms with van der Waals surface area (Å²) in [7, 11) is 1.57. The molecule has 0 aliphatic heterocycles. The van der Waals surface area contributed by atoms with E-state index in [0.717, 1.165) is 4.88 Å². The predicted octanol–water partition coefficient (Wildman–Crippen LogP) is 2.52. The highest BCUT2D eigenvalue weighted by atomic mass is 32.1. The number of methoxy groups -OCH3 is 1. The first-order chi connectivity index (χ1) is 8.69. The molecule has 0 saturated carbocycles. The number of anilines is 2. The molecule has 0 bridgehead atoms. The Morgan fingerprint density at radius 1 is 1.44 bits per heavy atom. The molecular weight excluding hydrogens is 248 g/mol. The Bertz CT molecular complexity index is 538. The Labute approximate surface area is 109 Å². The van der Waals surface area contributed by atoms with Crippen molar-refractivity contribution in [2.75, 3.05) is 18.2 Å². The first-order valence-electron chi connectivity index (χ1n) is 5.45. The summed E-state index contributed by atoms with van der Waals surface area (Å²) in [5.74, 6) is 0.577. The van der Waals surface area contributed by atoms with Crippen LogP contribution in [0.3, 0.4) is 0 Å². The molecule has 4 nitrogen and oxygen atoms in total. The van der Waals surface area contributed by atoms with Gasteiger partial charge in [0.25, 0.3) is 0 Å². The van der Waals surface area contributed by atoms with Crippen LogP contribution in [0.5, 0.6) is 5.75 Å². The second-order valence-electron chi connectivity index (χ2n) is 3.76. The Morgan fingerprint density at radius 3 is 2.94 bits per heavy atom. The van der Waals surface area contributed by atoms with Crippen molar-refractivity contribution in [1.29, 1.82) is 0 Å². The van der Waals surface area contributed by atoms with E-state index in [1.165, 1.54) is 0 Å². The topological polar surface area (TPSA) is 64.3 Å². The average Bonchev–Trinajstić information content (AvgIpc) is 2.84. The summed E-state index contributed by atoms with van der Waals surface area (Å²) in [6.07, 6.45) is 0.355. The van der Waals surface area contributed by atoms with E-state index in [2.05, 4.69) is 5.32 Å². The van der Waals surface area contributed by atoms with Gasteiger partial charge in [0.05, 0.1) is 24.9 Å². The molecule has 0 aliphatic carbocycles. The van der Waals surface area contributed by atoms with Crippen LogP contribution in [0.4, 0.5) is 11.4 Å². The summed E-state index contributed by atoms with van der Waals surface area (Å²) in [4.78, 5) is 12.9. The summed E-state index contributed by atoms with van der Waals surface area (Å²) >= 11 is 1.56. The minimum absolute atomic E-state index is 0.0857. The number of nitrogens with one attached hydrogen (secondary N) is 1. The highest BCUT2D eigenvalue weighted by Crippen LogP contribution is 2.24. The van der Waals surface area contributed by atoms with Gasteiger partial charge in [-0.3, -0.25) is 4.79 Å². The van der Waals surface area contributed by atoms with Crippen molar-refractivity contribution in [2.45, 2.75) is 6.42 Å². The molecule has 1 aromatic heterocycles. The summed E-state index contributed by atoms with van der Waals surface area (Å²) in [6.45, 7) is 0. The number of hydrogen-bond acceptors (Lipinski definition) is 4. The van der Waals surface area contributed by atoms with Gasteiger partial charge in [-0.25, -0.2) is 0 Å². The molecule has 2 aromatic rings. The van der Waals surface area contributed by atoms with Crippen LogP contribution in [-0.2, 0) is 11.2 Å². The lowest BCUT2D eigenvalue weighted by Gasteiger charge is -2.09. The van der Waals surface area contributed by atoms with Crippen LogP contribution in [0.1, 0.15) is 4.88 Å². The summed E-state index contributed by atoms with van der Waals surface area (Å²) in [5.41, 5.74) is 6.90. The summed E-state index contributed by atoms with van der Waals surface area (Å²) in [6, 6.07) is 9.03. The van der Waals surface area contributed by atoms with Gasteiger partial charge in [-0.1, -0.05) is 6.07 Å². The molecule has 1 amide bonds. The Kier molecular flexibility index (Phi) is 3.84. The van der Waals surface area contributed by atoms with Gasteiger partial charge in [0.15, 0.2) is 0 Å². The van der Waals surface area contributed by atoms with Crippen LogP contribution in [0, 0.1) is 0 Å². The lowest BCUT2D eigenvalue weighted by molar-refractivity contribution is -0.115. The van der Waals surface area contributed by atoms with Crippen LogP contribution >= 0.6 is 11.3 Å². The normalized spacial score (nSPS) is 10.1. The van der Waals surface area contributed by atoms with Crippen molar-refractivity contribution in [2.24, 2.45) is 0 Å². The van der Waals surface area contributed by atoms with Gasteiger partial charge in [-0.2, -0.15) is 0 Å². The maximum absolute atomic E-state index is 11.8.